The van der Waals surface area contributed by atoms with Gasteiger partial charge in [-0.15, -0.1) is 24.0 Å². The summed E-state index contributed by atoms with van der Waals surface area (Å²) in [4.78, 5) is 16.2. The number of likely N-dealkylation sites (N-methyl/N-ethyl adjacent to an activating group) is 1. The van der Waals surface area contributed by atoms with Crippen molar-refractivity contribution in [3.05, 3.63) is 65.2 Å². The first-order valence-electron chi connectivity index (χ1n) is 10.6. The Kier molecular flexibility index (Phi) is 12.7. The molecule has 0 radical (unpaired) electrons. The number of carbonyl (C=O) groups excluding carboxylic acids is 1. The van der Waals surface area contributed by atoms with Crippen molar-refractivity contribution in [1.29, 1.82) is 0 Å². The number of guanidine groups is 1. The van der Waals surface area contributed by atoms with E-state index in [0.717, 1.165) is 24.6 Å². The number of nitrogens with zero attached hydrogens (tertiary/aromatic N) is 1. The van der Waals surface area contributed by atoms with Crippen molar-refractivity contribution in [3.8, 4) is 5.75 Å². The summed E-state index contributed by atoms with van der Waals surface area (Å²) >= 11 is 0. The van der Waals surface area contributed by atoms with Gasteiger partial charge in [0, 0.05) is 19.6 Å². The van der Waals surface area contributed by atoms with Crippen LogP contribution in [0.3, 0.4) is 0 Å². The second-order valence-electron chi connectivity index (χ2n) is 7.28. The van der Waals surface area contributed by atoms with Crippen molar-refractivity contribution in [1.82, 2.24) is 16.0 Å². The Morgan fingerprint density at radius 3 is 2.42 bits per heavy atom. The molecule has 3 N–H and O–H groups in total. The fourth-order valence-electron chi connectivity index (χ4n) is 2.91. The van der Waals surface area contributed by atoms with E-state index in [-0.39, 0.29) is 36.5 Å². The van der Waals surface area contributed by atoms with Gasteiger partial charge in [-0.1, -0.05) is 48.9 Å². The lowest BCUT2D eigenvalue weighted by molar-refractivity contribution is -0.122. The largest absolute Gasteiger partial charge is 0.484 e. The van der Waals surface area contributed by atoms with E-state index in [1.165, 1.54) is 11.1 Å². The Balaban J connectivity index is 0.00000480. The summed E-state index contributed by atoms with van der Waals surface area (Å²) in [6, 6.07) is 16.3. The standard InChI is InChI=1S/C24H34N4O2.HI/c1-5-25-23(29)17-30-22-9-7-8-20(14-22)16-28-24(26-6-2)27-15-19(4)21-12-10-18(3)11-13-21;/h7-14,19H,5-6,15-17H2,1-4H3,(H,25,29)(H2,26,27,28);1H. The minimum Gasteiger partial charge on any atom is -0.484 e. The Bertz CT molecular complexity index is 825. The first-order valence-corrected chi connectivity index (χ1v) is 10.6. The Labute approximate surface area is 203 Å². The lowest BCUT2D eigenvalue weighted by Crippen LogP contribution is -2.39. The molecule has 0 aliphatic rings. The summed E-state index contributed by atoms with van der Waals surface area (Å²) in [5, 5.41) is 9.44. The highest BCUT2D eigenvalue weighted by atomic mass is 127. The van der Waals surface area contributed by atoms with Crippen LogP contribution in [0.15, 0.2) is 53.5 Å². The van der Waals surface area contributed by atoms with Gasteiger partial charge in [-0.2, -0.15) is 0 Å². The van der Waals surface area contributed by atoms with Gasteiger partial charge in [0.05, 0.1) is 6.54 Å². The van der Waals surface area contributed by atoms with Crippen LogP contribution in [0.1, 0.15) is 43.4 Å². The highest BCUT2D eigenvalue weighted by Gasteiger charge is 2.07. The van der Waals surface area contributed by atoms with E-state index in [0.29, 0.717) is 24.8 Å². The Morgan fingerprint density at radius 1 is 1.03 bits per heavy atom. The Hall–Kier alpha value is -2.29. The Morgan fingerprint density at radius 2 is 1.74 bits per heavy atom. The van der Waals surface area contributed by atoms with Crippen LogP contribution in [0, 0.1) is 6.92 Å². The summed E-state index contributed by atoms with van der Waals surface area (Å²) in [6.07, 6.45) is 0. The lowest BCUT2D eigenvalue weighted by atomic mass is 10.0. The van der Waals surface area contributed by atoms with Gasteiger partial charge in [-0.25, -0.2) is 4.99 Å². The second kappa shape index (κ2) is 14.7. The molecule has 0 spiro atoms. The summed E-state index contributed by atoms with van der Waals surface area (Å²) in [6.45, 7) is 11.0. The number of rotatable bonds is 10. The number of hydrogen-bond acceptors (Lipinski definition) is 3. The molecule has 0 saturated carbocycles. The zero-order valence-electron chi connectivity index (χ0n) is 18.9. The third kappa shape index (κ3) is 10.0. The predicted octanol–water partition coefficient (Wildman–Crippen LogP) is 3.99. The monoisotopic (exact) mass is 538 g/mol. The van der Waals surface area contributed by atoms with Gasteiger partial charge >= 0.3 is 0 Å². The summed E-state index contributed by atoms with van der Waals surface area (Å²) in [5.74, 6) is 1.70. The molecule has 0 fully saturated rings. The van der Waals surface area contributed by atoms with E-state index < -0.39 is 0 Å². The molecule has 170 valence electrons. The highest BCUT2D eigenvalue weighted by Crippen LogP contribution is 2.15. The number of ether oxygens (including phenoxy) is 1. The van der Waals surface area contributed by atoms with Crippen LogP contribution in [0.5, 0.6) is 5.75 Å². The van der Waals surface area contributed by atoms with E-state index in [2.05, 4.69) is 66.0 Å². The van der Waals surface area contributed by atoms with Crippen molar-refractivity contribution < 1.29 is 9.53 Å². The van der Waals surface area contributed by atoms with Crippen molar-refractivity contribution >= 4 is 35.8 Å². The molecular weight excluding hydrogens is 503 g/mol. The maximum absolute atomic E-state index is 11.6. The van der Waals surface area contributed by atoms with Gasteiger partial charge in [0.2, 0.25) is 0 Å². The zero-order chi connectivity index (χ0) is 21.8. The van der Waals surface area contributed by atoms with Crippen LogP contribution in [0.25, 0.3) is 0 Å². The van der Waals surface area contributed by atoms with Crippen molar-refractivity contribution in [2.24, 2.45) is 4.99 Å². The molecule has 6 nitrogen and oxygen atoms in total. The quantitative estimate of drug-likeness (QED) is 0.243. The second-order valence-corrected chi connectivity index (χ2v) is 7.28. The first kappa shape index (κ1) is 26.7. The molecule has 2 aromatic rings. The van der Waals surface area contributed by atoms with E-state index in [9.17, 15) is 4.79 Å². The average molecular weight is 538 g/mol. The summed E-state index contributed by atoms with van der Waals surface area (Å²) in [5.41, 5.74) is 3.60. The van der Waals surface area contributed by atoms with E-state index in [4.69, 9.17) is 4.74 Å². The number of aryl methyl sites for hydroxylation is 1. The zero-order valence-corrected chi connectivity index (χ0v) is 21.2. The molecule has 0 aliphatic carbocycles. The number of benzene rings is 2. The number of aliphatic imine (C=N–C) groups is 1. The maximum Gasteiger partial charge on any atom is 0.257 e. The van der Waals surface area contributed by atoms with Gasteiger partial charge in [-0.3, -0.25) is 4.79 Å². The molecule has 0 aromatic heterocycles. The minimum atomic E-state index is -0.123. The van der Waals surface area contributed by atoms with Crippen molar-refractivity contribution in [3.63, 3.8) is 0 Å². The number of nitrogens with one attached hydrogen (secondary N) is 3. The van der Waals surface area contributed by atoms with Crippen molar-refractivity contribution in [2.75, 3.05) is 26.2 Å². The molecular formula is C24H35IN4O2. The molecule has 1 amide bonds. The van der Waals surface area contributed by atoms with E-state index in [1.807, 2.05) is 31.2 Å². The van der Waals surface area contributed by atoms with Gasteiger partial charge in [0.25, 0.3) is 5.91 Å². The minimum absolute atomic E-state index is 0. The number of amides is 1. The van der Waals surface area contributed by atoms with Crippen LogP contribution >= 0.6 is 24.0 Å². The molecule has 2 aromatic carbocycles. The van der Waals surface area contributed by atoms with E-state index in [1.54, 1.807) is 0 Å². The molecule has 0 heterocycles. The number of carbonyl (C=O) groups is 1. The first-order chi connectivity index (χ1) is 14.5. The van der Waals surface area contributed by atoms with Gasteiger partial charge in [0.15, 0.2) is 12.6 Å². The molecule has 1 atom stereocenters. The van der Waals surface area contributed by atoms with Gasteiger partial charge in [0.1, 0.15) is 5.75 Å². The fraction of sp³-hybridized carbons (Fsp3) is 0.417. The third-order valence-corrected chi connectivity index (χ3v) is 4.63. The molecule has 31 heavy (non-hydrogen) atoms. The number of hydrogen-bond donors (Lipinski definition) is 3. The normalized spacial score (nSPS) is 11.8. The van der Waals surface area contributed by atoms with Gasteiger partial charge < -0.3 is 20.7 Å². The van der Waals surface area contributed by atoms with Gasteiger partial charge in [-0.05, 0) is 49.9 Å². The van der Waals surface area contributed by atoms with Crippen LogP contribution in [-0.2, 0) is 11.3 Å². The number of halogens is 1. The average Bonchev–Trinajstić information content (AvgIpc) is 2.75. The summed E-state index contributed by atoms with van der Waals surface area (Å²) in [7, 11) is 0. The molecule has 7 heteroatoms. The molecule has 0 bridgehead atoms. The van der Waals surface area contributed by atoms with E-state index >= 15 is 0 Å². The van der Waals surface area contributed by atoms with Crippen LogP contribution in [0.4, 0.5) is 0 Å². The van der Waals surface area contributed by atoms with Crippen LogP contribution < -0.4 is 20.7 Å². The molecule has 0 saturated heterocycles. The van der Waals surface area contributed by atoms with Crippen LogP contribution in [-0.4, -0.2) is 38.1 Å². The molecule has 1 unspecified atom stereocenters. The van der Waals surface area contributed by atoms with Crippen LogP contribution in [0.2, 0.25) is 0 Å². The molecule has 2 rings (SSSR count). The predicted molar refractivity (Wildman–Crippen MR) is 138 cm³/mol. The fourth-order valence-corrected chi connectivity index (χ4v) is 2.91. The maximum atomic E-state index is 11.6. The third-order valence-electron chi connectivity index (χ3n) is 4.63. The smallest absolute Gasteiger partial charge is 0.257 e. The SMILES string of the molecule is CCNC(=O)COc1cccc(CN=C(NCC)NCC(C)c2ccc(C)cc2)c1.I. The topological polar surface area (TPSA) is 74.8 Å². The molecule has 0 aliphatic heterocycles. The lowest BCUT2D eigenvalue weighted by Gasteiger charge is -2.16. The van der Waals surface area contributed by atoms with Crippen molar-refractivity contribution in [2.45, 2.75) is 40.2 Å². The highest BCUT2D eigenvalue weighted by molar-refractivity contribution is 14.0. The summed E-state index contributed by atoms with van der Waals surface area (Å²) < 4.78 is 5.56.